The number of hydrogen-bond acceptors (Lipinski definition) is 1. The molecule has 76 valence electrons. The molecule has 1 saturated carbocycles. The van der Waals surface area contributed by atoms with Crippen molar-refractivity contribution in [2.75, 3.05) is 0 Å². The predicted octanol–water partition coefficient (Wildman–Crippen LogP) is 2.90. The summed E-state index contributed by atoms with van der Waals surface area (Å²) in [4.78, 5) is 0. The van der Waals surface area contributed by atoms with Crippen LogP contribution in [-0.2, 0) is 6.42 Å². The van der Waals surface area contributed by atoms with Crippen LogP contribution in [0, 0.1) is 5.82 Å². The fourth-order valence-electron chi connectivity index (χ4n) is 1.52. The van der Waals surface area contributed by atoms with Crippen molar-refractivity contribution in [1.82, 2.24) is 0 Å². The van der Waals surface area contributed by atoms with Gasteiger partial charge in [0.25, 0.3) is 0 Å². The zero-order valence-electron chi connectivity index (χ0n) is 7.89. The number of benzene rings is 1. The summed E-state index contributed by atoms with van der Waals surface area (Å²) in [7, 11) is 0. The summed E-state index contributed by atoms with van der Waals surface area (Å²) in [5.74, 6) is -0.285. The van der Waals surface area contributed by atoms with Crippen molar-refractivity contribution in [3.05, 3.63) is 34.6 Å². The van der Waals surface area contributed by atoms with E-state index in [0.717, 1.165) is 31.2 Å². The molecular formula is C11H13ClFN. The maximum atomic E-state index is 12.7. The summed E-state index contributed by atoms with van der Waals surface area (Å²) >= 11 is 5.90. The first-order valence-corrected chi connectivity index (χ1v) is 5.20. The van der Waals surface area contributed by atoms with E-state index in [1.54, 1.807) is 6.07 Å². The molecule has 0 amide bonds. The minimum Gasteiger partial charge on any atom is -0.325 e. The Morgan fingerprint density at radius 1 is 1.43 bits per heavy atom. The van der Waals surface area contributed by atoms with Gasteiger partial charge < -0.3 is 5.73 Å². The maximum Gasteiger partial charge on any atom is 0.124 e. The van der Waals surface area contributed by atoms with Crippen molar-refractivity contribution in [1.29, 1.82) is 0 Å². The second kappa shape index (κ2) is 3.52. The van der Waals surface area contributed by atoms with Gasteiger partial charge in [-0.05, 0) is 43.4 Å². The molecule has 0 spiro atoms. The van der Waals surface area contributed by atoms with Gasteiger partial charge in [-0.1, -0.05) is 17.7 Å². The summed E-state index contributed by atoms with van der Waals surface area (Å²) in [5, 5.41) is 0.509. The summed E-state index contributed by atoms with van der Waals surface area (Å²) in [6.45, 7) is 0. The summed E-state index contributed by atoms with van der Waals surface area (Å²) in [5.41, 5.74) is 6.99. The van der Waals surface area contributed by atoms with Gasteiger partial charge in [-0.25, -0.2) is 4.39 Å². The Hall–Kier alpha value is -0.600. The molecule has 1 nitrogen and oxygen atoms in total. The van der Waals surface area contributed by atoms with Crippen LogP contribution in [0.1, 0.15) is 24.8 Å². The Bertz CT molecular complexity index is 347. The van der Waals surface area contributed by atoms with Crippen molar-refractivity contribution in [2.24, 2.45) is 5.73 Å². The van der Waals surface area contributed by atoms with Gasteiger partial charge in [0.15, 0.2) is 0 Å². The highest BCUT2D eigenvalue weighted by Crippen LogP contribution is 2.37. The highest BCUT2D eigenvalue weighted by Gasteiger charge is 2.37. The first kappa shape index (κ1) is 9.94. The fourth-order valence-corrected chi connectivity index (χ4v) is 1.78. The van der Waals surface area contributed by atoms with E-state index in [1.807, 2.05) is 0 Å². The smallest absolute Gasteiger partial charge is 0.124 e. The third-order valence-corrected chi connectivity index (χ3v) is 3.15. The molecule has 0 radical (unpaired) electrons. The van der Waals surface area contributed by atoms with Crippen LogP contribution in [0.2, 0.25) is 5.02 Å². The molecule has 3 heteroatoms. The number of aryl methyl sites for hydroxylation is 1. The average Bonchev–Trinajstić information content (AvgIpc) is 2.83. The first-order chi connectivity index (χ1) is 6.59. The van der Waals surface area contributed by atoms with Crippen molar-refractivity contribution in [3.8, 4) is 0 Å². The van der Waals surface area contributed by atoms with Crippen LogP contribution in [-0.4, -0.2) is 5.54 Å². The second-order valence-corrected chi connectivity index (χ2v) is 4.51. The monoisotopic (exact) mass is 213 g/mol. The third kappa shape index (κ3) is 2.25. The molecular weight excluding hydrogens is 201 g/mol. The lowest BCUT2D eigenvalue weighted by molar-refractivity contribution is 0.605. The van der Waals surface area contributed by atoms with Crippen molar-refractivity contribution in [2.45, 2.75) is 31.2 Å². The lowest BCUT2D eigenvalue weighted by atomic mass is 10.0. The summed E-state index contributed by atoms with van der Waals surface area (Å²) in [6.07, 6.45) is 3.99. The Kier molecular flexibility index (Phi) is 2.50. The molecule has 1 aromatic carbocycles. The lowest BCUT2D eigenvalue weighted by Crippen LogP contribution is -2.22. The largest absolute Gasteiger partial charge is 0.325 e. The average molecular weight is 214 g/mol. The Balaban J connectivity index is 2.02. The van der Waals surface area contributed by atoms with Crippen LogP contribution in [0.5, 0.6) is 0 Å². The second-order valence-electron chi connectivity index (χ2n) is 4.10. The Labute approximate surface area is 88.1 Å². The molecule has 2 rings (SSSR count). The van der Waals surface area contributed by atoms with Crippen LogP contribution in [0.15, 0.2) is 18.2 Å². The molecule has 0 aromatic heterocycles. The molecule has 0 unspecified atom stereocenters. The van der Waals surface area contributed by atoms with Crippen LogP contribution < -0.4 is 5.73 Å². The minimum atomic E-state index is -0.285. The number of nitrogens with two attached hydrogens (primary N) is 1. The molecule has 0 bridgehead atoms. The Morgan fingerprint density at radius 2 is 2.14 bits per heavy atom. The number of hydrogen-bond donors (Lipinski definition) is 1. The topological polar surface area (TPSA) is 26.0 Å². The standard InChI is InChI=1S/C11H13ClFN/c12-10-7-9(13)2-1-8(10)3-4-11(14)5-6-11/h1-2,7H,3-6,14H2. The quantitative estimate of drug-likeness (QED) is 0.821. The highest BCUT2D eigenvalue weighted by molar-refractivity contribution is 6.31. The lowest BCUT2D eigenvalue weighted by Gasteiger charge is -2.09. The van der Waals surface area contributed by atoms with Gasteiger partial charge in [-0.15, -0.1) is 0 Å². The van der Waals surface area contributed by atoms with Crippen molar-refractivity contribution in [3.63, 3.8) is 0 Å². The number of rotatable bonds is 3. The molecule has 2 N–H and O–H groups in total. The van der Waals surface area contributed by atoms with E-state index in [0.29, 0.717) is 5.02 Å². The Morgan fingerprint density at radius 3 is 2.71 bits per heavy atom. The molecule has 14 heavy (non-hydrogen) atoms. The van der Waals surface area contributed by atoms with E-state index in [2.05, 4.69) is 0 Å². The normalized spacial score (nSPS) is 18.2. The van der Waals surface area contributed by atoms with Gasteiger partial charge in [0.05, 0.1) is 0 Å². The van der Waals surface area contributed by atoms with E-state index in [1.165, 1.54) is 12.1 Å². The van der Waals surface area contributed by atoms with Crippen LogP contribution in [0.3, 0.4) is 0 Å². The van der Waals surface area contributed by atoms with E-state index in [4.69, 9.17) is 17.3 Å². The molecule has 1 aromatic rings. The molecule has 0 saturated heterocycles. The van der Waals surface area contributed by atoms with Crippen molar-refractivity contribution >= 4 is 11.6 Å². The van der Waals surface area contributed by atoms with Crippen LogP contribution in [0.4, 0.5) is 4.39 Å². The highest BCUT2D eigenvalue weighted by atomic mass is 35.5. The van der Waals surface area contributed by atoms with Crippen LogP contribution >= 0.6 is 11.6 Å². The molecule has 1 aliphatic carbocycles. The van der Waals surface area contributed by atoms with Gasteiger partial charge in [-0.2, -0.15) is 0 Å². The van der Waals surface area contributed by atoms with Crippen LogP contribution in [0.25, 0.3) is 0 Å². The number of halogens is 2. The summed E-state index contributed by atoms with van der Waals surface area (Å²) in [6, 6.07) is 4.54. The van der Waals surface area contributed by atoms with E-state index >= 15 is 0 Å². The molecule has 1 fully saturated rings. The van der Waals surface area contributed by atoms with Gasteiger partial charge in [0.2, 0.25) is 0 Å². The van der Waals surface area contributed by atoms with E-state index in [9.17, 15) is 4.39 Å². The molecule has 0 atom stereocenters. The SMILES string of the molecule is NC1(CCc2ccc(F)cc2Cl)CC1. The fraction of sp³-hybridized carbons (Fsp3) is 0.455. The minimum absolute atomic E-state index is 0.0394. The van der Waals surface area contributed by atoms with Gasteiger partial charge >= 0.3 is 0 Å². The molecule has 1 aliphatic rings. The van der Waals surface area contributed by atoms with Crippen molar-refractivity contribution < 1.29 is 4.39 Å². The van der Waals surface area contributed by atoms with E-state index < -0.39 is 0 Å². The van der Waals surface area contributed by atoms with Gasteiger partial charge in [0.1, 0.15) is 5.82 Å². The third-order valence-electron chi connectivity index (χ3n) is 2.80. The zero-order chi connectivity index (χ0) is 10.2. The molecule has 0 aliphatic heterocycles. The first-order valence-electron chi connectivity index (χ1n) is 4.82. The van der Waals surface area contributed by atoms with Gasteiger partial charge in [-0.3, -0.25) is 0 Å². The van der Waals surface area contributed by atoms with E-state index in [-0.39, 0.29) is 11.4 Å². The van der Waals surface area contributed by atoms with Gasteiger partial charge in [0, 0.05) is 10.6 Å². The maximum absolute atomic E-state index is 12.7. The molecule has 0 heterocycles. The zero-order valence-corrected chi connectivity index (χ0v) is 8.65. The summed E-state index contributed by atoms with van der Waals surface area (Å²) < 4.78 is 12.7. The predicted molar refractivity (Wildman–Crippen MR) is 55.9 cm³/mol.